The molecule has 35 heavy (non-hydrogen) atoms. The molecule has 0 radical (unpaired) electrons. The number of rotatable bonds is 6. The van der Waals surface area contributed by atoms with E-state index < -0.39 is 41.1 Å². The molecule has 0 aliphatic carbocycles. The Labute approximate surface area is 205 Å². The molecule has 3 fully saturated rings. The van der Waals surface area contributed by atoms with Crippen LogP contribution in [-0.4, -0.2) is 120 Å². The van der Waals surface area contributed by atoms with Gasteiger partial charge >= 0.3 is 5.97 Å². The van der Waals surface area contributed by atoms with Crippen molar-refractivity contribution in [3.8, 4) is 0 Å². The maximum atomic E-state index is 14.1. The number of cyclic esters (lactones) is 1. The lowest BCUT2D eigenvalue weighted by Crippen LogP contribution is -2.59. The second-order valence-corrected chi connectivity index (χ2v) is 10.1. The molecule has 5 rings (SSSR count). The number of ether oxygens (including phenoxy) is 3. The van der Waals surface area contributed by atoms with Crippen LogP contribution in [0.15, 0.2) is 24.3 Å². The molecule has 5 aliphatic heterocycles. The van der Waals surface area contributed by atoms with Crippen molar-refractivity contribution in [3.63, 3.8) is 0 Å². The lowest BCUT2D eigenvalue weighted by atomic mass is 9.73. The van der Waals surface area contributed by atoms with E-state index in [1.54, 1.807) is 17.9 Å². The molecule has 3 saturated heterocycles. The molecule has 6 atom stereocenters. The predicted octanol–water partition coefficient (Wildman–Crippen LogP) is -0.428. The molecule has 0 saturated carbocycles. The maximum absolute atomic E-state index is 14.1. The number of likely N-dealkylation sites (tertiary alicyclic amines) is 1. The molecule has 0 bridgehead atoms. The van der Waals surface area contributed by atoms with Gasteiger partial charge in [-0.05, 0) is 19.4 Å². The summed E-state index contributed by atoms with van der Waals surface area (Å²) in [6.45, 7) is 8.02. The van der Waals surface area contributed by atoms with E-state index in [0.717, 1.165) is 13.1 Å². The SMILES string of the molecule is CC[C@]12C=CCOC(=O)[C@H]1[C@H]1C(=O)N([C@H](C)CO)C3C(=O)N(CCN4CCOCC4)CC=C[C@@]31O2. The van der Waals surface area contributed by atoms with Gasteiger partial charge in [0.15, 0.2) is 0 Å². The maximum Gasteiger partial charge on any atom is 0.313 e. The van der Waals surface area contributed by atoms with Crippen LogP contribution in [0, 0.1) is 11.8 Å². The summed E-state index contributed by atoms with van der Waals surface area (Å²) in [5, 5.41) is 9.99. The lowest BCUT2D eigenvalue weighted by Gasteiger charge is -2.40. The highest BCUT2D eigenvalue weighted by molar-refractivity contribution is 5.99. The first-order valence-corrected chi connectivity index (χ1v) is 12.6. The number of nitrogens with zero attached hydrogens (tertiary/aromatic N) is 3. The highest BCUT2D eigenvalue weighted by Gasteiger charge is 2.75. The van der Waals surface area contributed by atoms with E-state index in [1.165, 1.54) is 4.90 Å². The average molecular weight is 490 g/mol. The van der Waals surface area contributed by atoms with E-state index in [1.807, 2.05) is 25.2 Å². The minimum atomic E-state index is -1.31. The molecule has 0 aromatic heterocycles. The Balaban J connectivity index is 1.53. The van der Waals surface area contributed by atoms with Crippen LogP contribution >= 0.6 is 0 Å². The first-order valence-electron chi connectivity index (χ1n) is 12.6. The summed E-state index contributed by atoms with van der Waals surface area (Å²) >= 11 is 0. The Morgan fingerprint density at radius 3 is 2.57 bits per heavy atom. The molecular formula is C25H35N3O7. The summed E-state index contributed by atoms with van der Waals surface area (Å²) in [5.41, 5.74) is -2.35. The number of fused-ring (bicyclic) bond motifs is 2. The van der Waals surface area contributed by atoms with Crippen molar-refractivity contribution in [1.29, 1.82) is 0 Å². The molecule has 1 unspecified atom stereocenters. The molecule has 10 heteroatoms. The number of hydrogen-bond acceptors (Lipinski definition) is 8. The van der Waals surface area contributed by atoms with E-state index >= 15 is 0 Å². The Hall–Kier alpha value is -2.27. The third kappa shape index (κ3) is 3.73. The van der Waals surface area contributed by atoms with E-state index in [-0.39, 0.29) is 25.0 Å². The number of morpholine rings is 1. The van der Waals surface area contributed by atoms with Gasteiger partial charge in [-0.25, -0.2) is 0 Å². The fourth-order valence-corrected chi connectivity index (χ4v) is 6.43. The van der Waals surface area contributed by atoms with Gasteiger partial charge in [0.25, 0.3) is 0 Å². The fraction of sp³-hybridized carbons (Fsp3) is 0.720. The van der Waals surface area contributed by atoms with Gasteiger partial charge in [0.1, 0.15) is 29.8 Å². The van der Waals surface area contributed by atoms with Crippen molar-refractivity contribution in [3.05, 3.63) is 24.3 Å². The van der Waals surface area contributed by atoms with Crippen LogP contribution in [0.2, 0.25) is 0 Å². The van der Waals surface area contributed by atoms with Crippen LogP contribution < -0.4 is 0 Å². The molecule has 1 N–H and O–H groups in total. The zero-order valence-electron chi connectivity index (χ0n) is 20.4. The number of hydrogen-bond donors (Lipinski definition) is 1. The normalized spacial score (nSPS) is 38.0. The molecule has 0 aromatic rings. The number of aliphatic hydroxyl groups excluding tert-OH is 1. The van der Waals surface area contributed by atoms with Crippen LogP contribution in [-0.2, 0) is 28.6 Å². The van der Waals surface area contributed by atoms with Crippen LogP contribution in [0.5, 0.6) is 0 Å². The largest absolute Gasteiger partial charge is 0.461 e. The number of amides is 2. The fourth-order valence-electron chi connectivity index (χ4n) is 6.43. The Bertz CT molecular complexity index is 932. The smallest absolute Gasteiger partial charge is 0.313 e. The quantitative estimate of drug-likeness (QED) is 0.396. The lowest BCUT2D eigenvalue weighted by molar-refractivity contribution is -0.161. The molecule has 192 valence electrons. The molecule has 0 aromatic carbocycles. The van der Waals surface area contributed by atoms with Crippen molar-refractivity contribution in [2.45, 2.75) is 43.6 Å². The summed E-state index contributed by atoms with van der Waals surface area (Å²) in [4.78, 5) is 46.7. The molecule has 1 spiro atoms. The number of aliphatic hydroxyl groups is 1. The summed E-state index contributed by atoms with van der Waals surface area (Å²) < 4.78 is 17.6. The van der Waals surface area contributed by atoms with Gasteiger partial charge in [-0.1, -0.05) is 25.2 Å². The first kappa shape index (κ1) is 24.4. The summed E-state index contributed by atoms with van der Waals surface area (Å²) in [6.07, 6.45) is 7.75. The van der Waals surface area contributed by atoms with E-state index in [4.69, 9.17) is 14.2 Å². The van der Waals surface area contributed by atoms with Crippen LogP contribution in [0.3, 0.4) is 0 Å². The highest BCUT2D eigenvalue weighted by Crippen LogP contribution is 2.58. The summed E-state index contributed by atoms with van der Waals surface area (Å²) in [7, 11) is 0. The topological polar surface area (TPSA) is 109 Å². The average Bonchev–Trinajstić information content (AvgIpc) is 3.16. The standard InChI is InChI=1S/C25H35N3O7/c1-3-24-6-5-13-34-23(32)19(24)18-21(30)28(17(2)16-29)20-22(31)27(8-4-7-25(18,20)35-24)10-9-26-11-14-33-15-12-26/h4-7,17-20,29H,3,8-16H2,1-2H3/t17-,18+,19-,20?,24+,25+/m1/s1. The second-order valence-electron chi connectivity index (χ2n) is 10.1. The number of esters is 1. The van der Waals surface area contributed by atoms with Gasteiger partial charge in [0.05, 0.1) is 31.8 Å². The summed E-state index contributed by atoms with van der Waals surface area (Å²) in [5.74, 6) is -2.83. The van der Waals surface area contributed by atoms with Crippen LogP contribution in [0.25, 0.3) is 0 Å². The van der Waals surface area contributed by atoms with E-state index in [0.29, 0.717) is 39.3 Å². The van der Waals surface area contributed by atoms with Gasteiger partial charge in [0, 0.05) is 32.7 Å². The monoisotopic (exact) mass is 489 g/mol. The highest BCUT2D eigenvalue weighted by atomic mass is 16.6. The van der Waals surface area contributed by atoms with Gasteiger partial charge in [-0.3, -0.25) is 19.3 Å². The van der Waals surface area contributed by atoms with Crippen molar-refractivity contribution >= 4 is 17.8 Å². The van der Waals surface area contributed by atoms with Crippen LogP contribution in [0.1, 0.15) is 20.3 Å². The third-order valence-electron chi connectivity index (χ3n) is 8.25. The van der Waals surface area contributed by atoms with Gasteiger partial charge in [-0.15, -0.1) is 0 Å². The minimum absolute atomic E-state index is 0.124. The second kappa shape index (κ2) is 9.31. The van der Waals surface area contributed by atoms with E-state index in [2.05, 4.69) is 4.90 Å². The van der Waals surface area contributed by atoms with Gasteiger partial charge in [0.2, 0.25) is 11.8 Å². The van der Waals surface area contributed by atoms with Crippen molar-refractivity contribution in [1.82, 2.24) is 14.7 Å². The van der Waals surface area contributed by atoms with Gasteiger partial charge in [-0.2, -0.15) is 0 Å². The Morgan fingerprint density at radius 1 is 1.09 bits per heavy atom. The van der Waals surface area contributed by atoms with Crippen LogP contribution in [0.4, 0.5) is 0 Å². The summed E-state index contributed by atoms with van der Waals surface area (Å²) in [6, 6.07) is -1.58. The molecule has 10 nitrogen and oxygen atoms in total. The zero-order chi connectivity index (χ0) is 24.8. The van der Waals surface area contributed by atoms with E-state index in [9.17, 15) is 19.5 Å². The van der Waals surface area contributed by atoms with Crippen molar-refractivity contribution in [2.75, 3.05) is 59.2 Å². The predicted molar refractivity (Wildman–Crippen MR) is 124 cm³/mol. The van der Waals surface area contributed by atoms with Crippen molar-refractivity contribution < 1.29 is 33.7 Å². The molecule has 5 heterocycles. The first-order chi connectivity index (χ1) is 16.9. The molecular weight excluding hydrogens is 454 g/mol. The third-order valence-corrected chi connectivity index (χ3v) is 8.25. The Morgan fingerprint density at radius 2 is 1.86 bits per heavy atom. The molecule has 5 aliphatic rings. The number of carbonyl (C=O) groups is 3. The Kier molecular flexibility index (Phi) is 6.50. The van der Waals surface area contributed by atoms with Gasteiger partial charge < -0.3 is 29.1 Å². The van der Waals surface area contributed by atoms with Crippen molar-refractivity contribution in [2.24, 2.45) is 11.8 Å². The minimum Gasteiger partial charge on any atom is -0.461 e. The zero-order valence-corrected chi connectivity index (χ0v) is 20.4. The number of carbonyl (C=O) groups excluding carboxylic acids is 3. The molecule has 2 amide bonds.